The lowest BCUT2D eigenvalue weighted by Crippen LogP contribution is -2.37. The SMILES string of the molecule is Cc1nc2cc(-c3cccc(OCc4ccccc4)c3)nn2c(N2CCC(C)CC2)c1C(OC(C)(C)C)C(=O)O. The fourth-order valence-electron chi connectivity index (χ4n) is 5.16. The third-order valence-corrected chi connectivity index (χ3v) is 7.22. The molecule has 0 radical (unpaired) electrons. The quantitative estimate of drug-likeness (QED) is 0.273. The lowest BCUT2D eigenvalue weighted by Gasteiger charge is -2.35. The van der Waals surface area contributed by atoms with Crippen LogP contribution in [-0.4, -0.2) is 44.4 Å². The van der Waals surface area contributed by atoms with Crippen molar-refractivity contribution in [2.75, 3.05) is 18.0 Å². The van der Waals surface area contributed by atoms with Gasteiger partial charge in [-0.3, -0.25) is 0 Å². The first-order chi connectivity index (χ1) is 19.1. The Hall–Kier alpha value is -3.91. The first-order valence-corrected chi connectivity index (χ1v) is 13.9. The van der Waals surface area contributed by atoms with Crippen molar-refractivity contribution >= 4 is 17.4 Å². The lowest BCUT2D eigenvalue weighted by molar-refractivity contribution is -0.160. The molecule has 2 aromatic carbocycles. The maximum atomic E-state index is 12.6. The predicted molar refractivity (Wildman–Crippen MR) is 156 cm³/mol. The van der Waals surface area contributed by atoms with Crippen molar-refractivity contribution in [1.29, 1.82) is 0 Å². The normalized spacial score (nSPS) is 15.4. The fraction of sp³-hybridized carbons (Fsp3) is 0.406. The second kappa shape index (κ2) is 11.3. The van der Waals surface area contributed by atoms with Crippen molar-refractivity contribution in [1.82, 2.24) is 14.6 Å². The number of rotatable bonds is 8. The third-order valence-electron chi connectivity index (χ3n) is 7.22. The van der Waals surface area contributed by atoms with Gasteiger partial charge in [-0.15, -0.1) is 0 Å². The van der Waals surface area contributed by atoms with E-state index in [0.717, 1.165) is 54.3 Å². The molecule has 1 unspecified atom stereocenters. The molecule has 1 N–H and O–H groups in total. The Balaban J connectivity index is 1.58. The summed E-state index contributed by atoms with van der Waals surface area (Å²) in [6.45, 7) is 11.8. The summed E-state index contributed by atoms with van der Waals surface area (Å²) < 4.78 is 14.0. The van der Waals surface area contributed by atoms with Crippen LogP contribution in [0.4, 0.5) is 5.82 Å². The standard InChI is InChI=1S/C32H38N4O4/c1-21-14-16-35(17-15-21)30-28(29(31(37)38)40-32(3,4)5)22(2)33-27-19-26(34-36(27)30)24-12-9-13-25(18-24)39-20-23-10-7-6-8-11-23/h6-13,18-19,21,29H,14-17,20H2,1-5H3,(H,37,38). The van der Waals surface area contributed by atoms with E-state index < -0.39 is 17.7 Å². The highest BCUT2D eigenvalue weighted by Gasteiger charge is 2.35. The molecular weight excluding hydrogens is 504 g/mol. The molecule has 1 saturated heterocycles. The van der Waals surface area contributed by atoms with Crippen LogP contribution in [0.2, 0.25) is 0 Å². The van der Waals surface area contributed by atoms with E-state index in [0.29, 0.717) is 29.4 Å². The number of carboxylic acids is 1. The zero-order valence-electron chi connectivity index (χ0n) is 23.9. The van der Waals surface area contributed by atoms with Gasteiger partial charge in [-0.05, 0) is 64.2 Å². The maximum Gasteiger partial charge on any atom is 0.337 e. The molecule has 5 rings (SSSR count). The van der Waals surface area contributed by atoms with Crippen LogP contribution < -0.4 is 9.64 Å². The van der Waals surface area contributed by atoms with Crippen molar-refractivity contribution in [2.24, 2.45) is 5.92 Å². The zero-order chi connectivity index (χ0) is 28.4. The average Bonchev–Trinajstić information content (AvgIpc) is 3.34. The molecule has 4 aromatic rings. The number of nitrogens with zero attached hydrogens (tertiary/aromatic N) is 4. The molecule has 0 saturated carbocycles. The minimum atomic E-state index is -1.17. The number of hydrogen-bond acceptors (Lipinski definition) is 6. The number of fused-ring (bicyclic) bond motifs is 1. The zero-order valence-corrected chi connectivity index (χ0v) is 23.9. The van der Waals surface area contributed by atoms with Gasteiger partial charge in [-0.25, -0.2) is 9.78 Å². The van der Waals surface area contributed by atoms with E-state index in [4.69, 9.17) is 19.6 Å². The fourth-order valence-corrected chi connectivity index (χ4v) is 5.16. The summed E-state index contributed by atoms with van der Waals surface area (Å²) in [5.74, 6) is 1.07. The summed E-state index contributed by atoms with van der Waals surface area (Å²) in [6.07, 6.45) is 0.873. The monoisotopic (exact) mass is 542 g/mol. The highest BCUT2D eigenvalue weighted by molar-refractivity contribution is 5.79. The van der Waals surface area contributed by atoms with E-state index >= 15 is 0 Å². The molecule has 1 atom stereocenters. The van der Waals surface area contributed by atoms with Gasteiger partial charge in [0.2, 0.25) is 0 Å². The summed E-state index contributed by atoms with van der Waals surface area (Å²) in [6, 6.07) is 19.9. The summed E-state index contributed by atoms with van der Waals surface area (Å²) in [5.41, 5.74) is 3.93. The Morgan fingerprint density at radius 1 is 1.07 bits per heavy atom. The Bertz CT molecular complexity index is 1480. The Labute approximate surface area is 235 Å². The number of hydrogen-bond donors (Lipinski definition) is 1. The van der Waals surface area contributed by atoms with Gasteiger partial charge < -0.3 is 19.5 Å². The largest absolute Gasteiger partial charge is 0.489 e. The Morgan fingerprint density at radius 3 is 2.48 bits per heavy atom. The van der Waals surface area contributed by atoms with Crippen molar-refractivity contribution < 1.29 is 19.4 Å². The van der Waals surface area contributed by atoms with Crippen LogP contribution in [0, 0.1) is 12.8 Å². The molecule has 0 aliphatic carbocycles. The summed E-state index contributed by atoms with van der Waals surface area (Å²) in [7, 11) is 0. The van der Waals surface area contributed by atoms with E-state index in [9.17, 15) is 9.90 Å². The van der Waals surface area contributed by atoms with Crippen molar-refractivity contribution in [2.45, 2.75) is 65.8 Å². The van der Waals surface area contributed by atoms with E-state index in [1.54, 1.807) is 4.52 Å². The molecule has 2 aromatic heterocycles. The van der Waals surface area contributed by atoms with Crippen molar-refractivity contribution in [3.8, 4) is 17.0 Å². The molecule has 0 amide bonds. The average molecular weight is 543 g/mol. The summed E-state index contributed by atoms with van der Waals surface area (Å²) in [4.78, 5) is 19.6. The summed E-state index contributed by atoms with van der Waals surface area (Å²) >= 11 is 0. The third kappa shape index (κ3) is 6.12. The first-order valence-electron chi connectivity index (χ1n) is 13.9. The van der Waals surface area contributed by atoms with Gasteiger partial charge in [0.05, 0.1) is 16.9 Å². The molecule has 0 spiro atoms. The topological polar surface area (TPSA) is 89.2 Å². The molecule has 8 heteroatoms. The molecule has 210 valence electrons. The molecule has 1 aliphatic rings. The number of aliphatic carboxylic acids is 1. The number of aryl methyl sites for hydroxylation is 1. The number of aromatic nitrogens is 3. The van der Waals surface area contributed by atoms with E-state index in [1.807, 2.05) is 88.4 Å². The smallest absolute Gasteiger partial charge is 0.337 e. The number of benzene rings is 2. The number of piperidine rings is 1. The van der Waals surface area contributed by atoms with E-state index in [2.05, 4.69) is 11.8 Å². The van der Waals surface area contributed by atoms with Crippen LogP contribution in [0.1, 0.15) is 63.5 Å². The van der Waals surface area contributed by atoms with Crippen LogP contribution in [0.5, 0.6) is 5.75 Å². The van der Waals surface area contributed by atoms with Gasteiger partial charge in [0, 0.05) is 30.4 Å². The second-order valence-electron chi connectivity index (χ2n) is 11.7. The molecule has 1 aliphatic heterocycles. The number of anilines is 1. The lowest BCUT2D eigenvalue weighted by atomic mass is 9.98. The minimum Gasteiger partial charge on any atom is -0.489 e. The highest BCUT2D eigenvalue weighted by Crippen LogP contribution is 2.37. The molecule has 8 nitrogen and oxygen atoms in total. The highest BCUT2D eigenvalue weighted by atomic mass is 16.5. The molecule has 40 heavy (non-hydrogen) atoms. The van der Waals surface area contributed by atoms with Crippen molar-refractivity contribution in [3.05, 3.63) is 77.5 Å². The van der Waals surface area contributed by atoms with Gasteiger partial charge in [0.15, 0.2) is 11.8 Å². The van der Waals surface area contributed by atoms with Gasteiger partial charge in [-0.2, -0.15) is 9.61 Å². The second-order valence-corrected chi connectivity index (χ2v) is 11.7. The number of ether oxygens (including phenoxy) is 2. The number of carbonyl (C=O) groups is 1. The van der Waals surface area contributed by atoms with Crippen LogP contribution in [-0.2, 0) is 16.1 Å². The molecule has 1 fully saturated rings. The maximum absolute atomic E-state index is 12.6. The Morgan fingerprint density at radius 2 is 1.80 bits per heavy atom. The van der Waals surface area contributed by atoms with Crippen LogP contribution in [0.15, 0.2) is 60.7 Å². The van der Waals surface area contributed by atoms with Crippen LogP contribution in [0.25, 0.3) is 16.9 Å². The van der Waals surface area contributed by atoms with E-state index in [1.165, 1.54) is 0 Å². The van der Waals surface area contributed by atoms with Gasteiger partial charge >= 0.3 is 5.97 Å². The molecule has 0 bridgehead atoms. The van der Waals surface area contributed by atoms with Gasteiger partial charge in [0.25, 0.3) is 0 Å². The van der Waals surface area contributed by atoms with Crippen LogP contribution >= 0.6 is 0 Å². The first kappa shape index (κ1) is 27.6. The van der Waals surface area contributed by atoms with Crippen LogP contribution in [0.3, 0.4) is 0 Å². The van der Waals surface area contributed by atoms with E-state index in [-0.39, 0.29) is 0 Å². The minimum absolute atomic E-state index is 0.474. The van der Waals surface area contributed by atoms with Gasteiger partial charge in [-0.1, -0.05) is 49.4 Å². The molecular formula is C32H38N4O4. The van der Waals surface area contributed by atoms with Gasteiger partial charge in [0.1, 0.15) is 18.2 Å². The Kier molecular flexibility index (Phi) is 7.81. The predicted octanol–water partition coefficient (Wildman–Crippen LogP) is 6.46. The molecule has 3 heterocycles. The summed E-state index contributed by atoms with van der Waals surface area (Å²) in [5, 5.41) is 15.3. The van der Waals surface area contributed by atoms with Crippen molar-refractivity contribution in [3.63, 3.8) is 0 Å². The number of carboxylic acid groups (broad SMARTS) is 1.